The van der Waals surface area contributed by atoms with E-state index >= 15 is 0 Å². The molecular formula is C23H24N4O2. The van der Waals surface area contributed by atoms with Crippen LogP contribution in [0.4, 0.5) is 5.69 Å². The Bertz CT molecular complexity index is 976. The minimum atomic E-state index is -0.143. The molecule has 4 rings (SSSR count). The molecule has 6 heteroatoms. The number of carbonyl (C=O) groups excluding carboxylic acids is 2. The van der Waals surface area contributed by atoms with Gasteiger partial charge in [0, 0.05) is 43.0 Å². The Kier molecular flexibility index (Phi) is 5.42. The van der Waals surface area contributed by atoms with Gasteiger partial charge >= 0.3 is 0 Å². The fourth-order valence-electron chi connectivity index (χ4n) is 3.75. The summed E-state index contributed by atoms with van der Waals surface area (Å²) in [4.78, 5) is 28.8. The Morgan fingerprint density at radius 1 is 1.00 bits per heavy atom. The van der Waals surface area contributed by atoms with Crippen LogP contribution in [0.25, 0.3) is 0 Å². The van der Waals surface area contributed by atoms with Gasteiger partial charge in [-0.3, -0.25) is 14.7 Å². The van der Waals surface area contributed by atoms with Gasteiger partial charge < -0.3 is 9.80 Å². The molecule has 2 aromatic carbocycles. The first kappa shape index (κ1) is 18.9. The van der Waals surface area contributed by atoms with Crippen molar-refractivity contribution in [2.75, 3.05) is 25.0 Å². The molecule has 3 aromatic rings. The number of likely N-dealkylation sites (tertiary alicyclic amines) is 1. The van der Waals surface area contributed by atoms with Crippen molar-refractivity contribution in [2.24, 2.45) is 0 Å². The summed E-state index contributed by atoms with van der Waals surface area (Å²) in [6, 6.07) is 20.7. The van der Waals surface area contributed by atoms with Crippen molar-refractivity contribution < 1.29 is 9.59 Å². The van der Waals surface area contributed by atoms with Crippen molar-refractivity contribution in [1.82, 2.24) is 15.1 Å². The lowest BCUT2D eigenvalue weighted by Gasteiger charge is -2.31. The summed E-state index contributed by atoms with van der Waals surface area (Å²) < 4.78 is 0. The number of H-pyrrole nitrogens is 1. The van der Waals surface area contributed by atoms with Crippen LogP contribution in [-0.4, -0.2) is 47.0 Å². The van der Waals surface area contributed by atoms with Gasteiger partial charge in [-0.25, -0.2) is 0 Å². The molecule has 1 saturated heterocycles. The molecule has 0 spiro atoms. The predicted molar refractivity (Wildman–Crippen MR) is 112 cm³/mol. The molecule has 148 valence electrons. The van der Waals surface area contributed by atoms with Gasteiger partial charge in [0.2, 0.25) is 0 Å². The third kappa shape index (κ3) is 4.06. The molecule has 2 amide bonds. The highest BCUT2D eigenvalue weighted by Gasteiger charge is 2.26. The predicted octanol–water partition coefficient (Wildman–Crippen LogP) is 3.71. The summed E-state index contributed by atoms with van der Waals surface area (Å²) in [6.45, 7) is 1.40. The monoisotopic (exact) mass is 388 g/mol. The number of hydrogen-bond acceptors (Lipinski definition) is 3. The van der Waals surface area contributed by atoms with E-state index in [1.54, 1.807) is 11.9 Å². The van der Waals surface area contributed by atoms with Crippen molar-refractivity contribution in [3.63, 3.8) is 0 Å². The standard InChI is InChI=1S/C23H24N4O2/c1-26(19-10-6-3-7-11-19)23(29)21-16-20(24-25-21)17-12-14-27(15-13-17)22(28)18-8-4-2-5-9-18/h2-11,16-17H,12-15H2,1H3,(H,24,25). The van der Waals surface area contributed by atoms with Gasteiger partial charge in [0.05, 0.1) is 0 Å². The Labute approximate surface area is 170 Å². The molecule has 2 heterocycles. The van der Waals surface area contributed by atoms with Crippen LogP contribution < -0.4 is 4.90 Å². The fraction of sp³-hybridized carbons (Fsp3) is 0.261. The van der Waals surface area contributed by atoms with Crippen LogP contribution in [0.2, 0.25) is 0 Å². The largest absolute Gasteiger partial charge is 0.339 e. The molecule has 0 atom stereocenters. The topological polar surface area (TPSA) is 69.3 Å². The van der Waals surface area contributed by atoms with Crippen LogP contribution in [0.1, 0.15) is 45.3 Å². The molecule has 1 aliphatic rings. The summed E-state index contributed by atoms with van der Waals surface area (Å²) in [5.74, 6) is 0.204. The molecule has 0 aliphatic carbocycles. The third-order valence-electron chi connectivity index (χ3n) is 5.51. The van der Waals surface area contributed by atoms with Gasteiger partial charge in [0.1, 0.15) is 0 Å². The van der Waals surface area contributed by atoms with Crippen LogP contribution in [0.3, 0.4) is 0 Å². The van der Waals surface area contributed by atoms with E-state index in [0.717, 1.165) is 29.8 Å². The first-order valence-electron chi connectivity index (χ1n) is 9.86. The van der Waals surface area contributed by atoms with Crippen LogP contribution in [-0.2, 0) is 0 Å². The molecule has 1 aromatic heterocycles. The summed E-state index contributed by atoms with van der Waals surface area (Å²) in [6.07, 6.45) is 1.70. The number of para-hydroxylation sites is 1. The summed E-state index contributed by atoms with van der Waals surface area (Å²) >= 11 is 0. The van der Waals surface area contributed by atoms with Gasteiger partial charge in [-0.15, -0.1) is 0 Å². The highest BCUT2D eigenvalue weighted by Crippen LogP contribution is 2.28. The van der Waals surface area contributed by atoms with Crippen LogP contribution in [0.15, 0.2) is 66.7 Å². The third-order valence-corrected chi connectivity index (χ3v) is 5.51. The number of anilines is 1. The smallest absolute Gasteiger partial charge is 0.278 e. The van der Waals surface area contributed by atoms with Crippen molar-refractivity contribution in [3.8, 4) is 0 Å². The maximum atomic E-state index is 12.7. The number of benzene rings is 2. The average Bonchev–Trinajstić information content (AvgIpc) is 3.29. The van der Waals surface area contributed by atoms with Gasteiger partial charge in [0.25, 0.3) is 11.8 Å². The second-order valence-corrected chi connectivity index (χ2v) is 7.34. The summed E-state index contributed by atoms with van der Waals surface area (Å²) in [5, 5.41) is 7.28. The number of carbonyl (C=O) groups is 2. The van der Waals surface area contributed by atoms with Crippen molar-refractivity contribution in [1.29, 1.82) is 0 Å². The fourth-order valence-corrected chi connectivity index (χ4v) is 3.75. The minimum absolute atomic E-state index is 0.0778. The van der Waals surface area contributed by atoms with Crippen molar-refractivity contribution in [2.45, 2.75) is 18.8 Å². The molecule has 0 radical (unpaired) electrons. The van der Waals surface area contributed by atoms with Crippen molar-refractivity contribution in [3.05, 3.63) is 83.7 Å². The maximum absolute atomic E-state index is 12.7. The number of aromatic nitrogens is 2. The van der Waals surface area contributed by atoms with E-state index in [1.165, 1.54) is 0 Å². The molecule has 0 saturated carbocycles. The molecule has 29 heavy (non-hydrogen) atoms. The lowest BCUT2D eigenvalue weighted by atomic mass is 9.93. The number of hydrogen-bond donors (Lipinski definition) is 1. The van der Waals surface area contributed by atoms with E-state index in [9.17, 15) is 9.59 Å². The van der Waals surface area contributed by atoms with Gasteiger partial charge in [-0.1, -0.05) is 36.4 Å². The van der Waals surface area contributed by atoms with Gasteiger partial charge in [-0.05, 0) is 43.2 Å². The zero-order chi connectivity index (χ0) is 20.2. The second-order valence-electron chi connectivity index (χ2n) is 7.34. The lowest BCUT2D eigenvalue weighted by molar-refractivity contribution is 0.0712. The number of rotatable bonds is 4. The molecule has 1 N–H and O–H groups in total. The Balaban J connectivity index is 1.38. The highest BCUT2D eigenvalue weighted by atomic mass is 16.2. The van der Waals surface area contributed by atoms with E-state index in [0.29, 0.717) is 18.8 Å². The molecule has 6 nitrogen and oxygen atoms in total. The van der Waals surface area contributed by atoms with E-state index in [2.05, 4.69) is 10.2 Å². The van der Waals surface area contributed by atoms with E-state index in [1.807, 2.05) is 71.6 Å². The average molecular weight is 388 g/mol. The number of nitrogens with one attached hydrogen (secondary N) is 1. The highest BCUT2D eigenvalue weighted by molar-refractivity contribution is 6.04. The Hall–Kier alpha value is -3.41. The Morgan fingerprint density at radius 2 is 1.62 bits per heavy atom. The first-order chi connectivity index (χ1) is 14.1. The normalized spacial score (nSPS) is 14.6. The Morgan fingerprint density at radius 3 is 2.28 bits per heavy atom. The van der Waals surface area contributed by atoms with Crippen LogP contribution in [0, 0.1) is 0 Å². The molecular weight excluding hydrogens is 364 g/mol. The maximum Gasteiger partial charge on any atom is 0.278 e. The lowest BCUT2D eigenvalue weighted by Crippen LogP contribution is -2.38. The number of nitrogens with zero attached hydrogens (tertiary/aromatic N) is 3. The molecule has 0 bridgehead atoms. The quantitative estimate of drug-likeness (QED) is 0.741. The molecule has 1 aliphatic heterocycles. The molecule has 1 fully saturated rings. The van der Waals surface area contributed by atoms with E-state index in [4.69, 9.17) is 0 Å². The minimum Gasteiger partial charge on any atom is -0.339 e. The van der Waals surface area contributed by atoms with Crippen molar-refractivity contribution >= 4 is 17.5 Å². The molecule has 0 unspecified atom stereocenters. The SMILES string of the molecule is CN(C(=O)c1cc(C2CCN(C(=O)c3ccccc3)CC2)[nH]n1)c1ccccc1. The zero-order valence-corrected chi connectivity index (χ0v) is 16.4. The van der Waals surface area contributed by atoms with E-state index in [-0.39, 0.29) is 17.7 Å². The van der Waals surface area contributed by atoms with Crippen LogP contribution >= 0.6 is 0 Å². The zero-order valence-electron chi connectivity index (χ0n) is 16.4. The van der Waals surface area contributed by atoms with Gasteiger partial charge in [0.15, 0.2) is 5.69 Å². The number of aromatic amines is 1. The second kappa shape index (κ2) is 8.31. The number of piperidine rings is 1. The van der Waals surface area contributed by atoms with E-state index < -0.39 is 0 Å². The van der Waals surface area contributed by atoms with Crippen LogP contribution in [0.5, 0.6) is 0 Å². The van der Waals surface area contributed by atoms with Gasteiger partial charge in [-0.2, -0.15) is 5.10 Å². The summed E-state index contributed by atoms with van der Waals surface area (Å²) in [7, 11) is 1.75. The summed E-state index contributed by atoms with van der Waals surface area (Å²) in [5.41, 5.74) is 2.93. The number of amides is 2. The first-order valence-corrected chi connectivity index (χ1v) is 9.86.